The van der Waals surface area contributed by atoms with Gasteiger partial charge in [0, 0.05) is 42.9 Å². The molecule has 2 N–H and O–H groups in total. The van der Waals surface area contributed by atoms with E-state index in [9.17, 15) is 4.39 Å². The summed E-state index contributed by atoms with van der Waals surface area (Å²) in [6, 6.07) is 3.06. The van der Waals surface area contributed by atoms with E-state index < -0.39 is 0 Å². The molecule has 1 atom stereocenters. The number of aromatic nitrogens is 2. The quantitative estimate of drug-likeness (QED) is 0.929. The highest BCUT2D eigenvalue weighted by atomic mass is 19.1. The Hall–Kier alpha value is -2.21. The number of fused-ring (bicyclic) bond motifs is 1. The zero-order valence-electron chi connectivity index (χ0n) is 14.7. The third-order valence-electron chi connectivity index (χ3n) is 5.15. The van der Waals surface area contributed by atoms with Crippen LogP contribution in [0.5, 0.6) is 5.75 Å². The van der Waals surface area contributed by atoms with Gasteiger partial charge in [0.15, 0.2) is 0 Å². The van der Waals surface area contributed by atoms with Gasteiger partial charge in [-0.1, -0.05) is 0 Å². The van der Waals surface area contributed by atoms with E-state index in [4.69, 9.17) is 15.5 Å². The Morgan fingerprint density at radius 1 is 1.24 bits per heavy atom. The smallest absolute Gasteiger partial charge is 0.226 e. The first kappa shape index (κ1) is 16.3. The van der Waals surface area contributed by atoms with E-state index in [0.717, 1.165) is 54.4 Å². The summed E-state index contributed by atoms with van der Waals surface area (Å²) < 4.78 is 20.2. The Bertz CT molecular complexity index is 818. The van der Waals surface area contributed by atoms with Crippen molar-refractivity contribution < 1.29 is 9.13 Å². The number of benzene rings is 1. The third-order valence-corrected chi connectivity index (χ3v) is 5.15. The van der Waals surface area contributed by atoms with Crippen LogP contribution in [0.3, 0.4) is 0 Å². The molecule has 3 heterocycles. The summed E-state index contributed by atoms with van der Waals surface area (Å²) in [5.74, 6) is 1.17. The predicted molar refractivity (Wildman–Crippen MR) is 95.5 cm³/mol. The van der Waals surface area contributed by atoms with Crippen molar-refractivity contribution in [1.29, 1.82) is 0 Å². The Morgan fingerprint density at radius 3 is 2.72 bits per heavy atom. The second-order valence-corrected chi connectivity index (χ2v) is 6.90. The number of hydrogen-bond acceptors (Lipinski definition) is 5. The van der Waals surface area contributed by atoms with Crippen molar-refractivity contribution in [3.05, 3.63) is 34.8 Å². The van der Waals surface area contributed by atoms with E-state index in [0.29, 0.717) is 24.3 Å². The molecule has 2 aromatic rings. The molecule has 0 spiro atoms. The average molecular weight is 342 g/mol. The van der Waals surface area contributed by atoms with Gasteiger partial charge in [0.25, 0.3) is 0 Å². The summed E-state index contributed by atoms with van der Waals surface area (Å²) >= 11 is 0. The first-order valence-corrected chi connectivity index (χ1v) is 8.86. The molecule has 6 heteroatoms. The first-order valence-electron chi connectivity index (χ1n) is 8.86. The number of nitrogens with two attached hydrogens (primary N) is 1. The molecular formula is C19H23FN4O. The van der Waals surface area contributed by atoms with Crippen LogP contribution in [-0.4, -0.2) is 35.7 Å². The van der Waals surface area contributed by atoms with Gasteiger partial charge in [0.1, 0.15) is 17.7 Å². The molecule has 1 fully saturated rings. The SMILES string of the molecule is Cc1nc(N2CCCC2)nc(-c2cc(F)cc3c2O[C@H](CN)C3)c1C. The average Bonchev–Trinajstić information content (AvgIpc) is 3.25. The number of halogens is 1. The van der Waals surface area contributed by atoms with Crippen LogP contribution in [0.4, 0.5) is 10.3 Å². The maximum atomic E-state index is 14.2. The molecule has 0 bridgehead atoms. The van der Waals surface area contributed by atoms with E-state index in [1.807, 2.05) is 13.8 Å². The lowest BCUT2D eigenvalue weighted by atomic mass is 10.0. The number of hydrogen-bond donors (Lipinski definition) is 1. The molecule has 0 amide bonds. The van der Waals surface area contributed by atoms with Crippen LogP contribution in [0.2, 0.25) is 0 Å². The Morgan fingerprint density at radius 2 is 2.00 bits per heavy atom. The van der Waals surface area contributed by atoms with E-state index in [1.54, 1.807) is 6.07 Å². The molecule has 5 nitrogen and oxygen atoms in total. The van der Waals surface area contributed by atoms with Gasteiger partial charge in [-0.25, -0.2) is 14.4 Å². The predicted octanol–water partition coefficient (Wildman–Crippen LogP) is 2.76. The van der Waals surface area contributed by atoms with Gasteiger partial charge in [-0.15, -0.1) is 0 Å². The minimum atomic E-state index is -0.270. The molecule has 1 aromatic carbocycles. The van der Waals surface area contributed by atoms with E-state index >= 15 is 0 Å². The molecule has 1 aromatic heterocycles. The molecule has 2 aliphatic heterocycles. The molecule has 2 aliphatic rings. The fourth-order valence-electron chi connectivity index (χ4n) is 3.64. The minimum absolute atomic E-state index is 0.100. The van der Waals surface area contributed by atoms with Crippen molar-refractivity contribution in [3.8, 4) is 17.0 Å². The number of aryl methyl sites for hydroxylation is 1. The molecule has 1 saturated heterocycles. The van der Waals surface area contributed by atoms with Crippen LogP contribution in [0.15, 0.2) is 12.1 Å². The Kier molecular flexibility index (Phi) is 4.07. The molecule has 25 heavy (non-hydrogen) atoms. The van der Waals surface area contributed by atoms with Crippen LogP contribution >= 0.6 is 0 Å². The summed E-state index contributed by atoms with van der Waals surface area (Å²) in [6.45, 7) is 6.30. The van der Waals surface area contributed by atoms with Gasteiger partial charge in [-0.2, -0.15) is 0 Å². The topological polar surface area (TPSA) is 64.3 Å². The number of nitrogens with zero attached hydrogens (tertiary/aromatic N) is 3. The van der Waals surface area contributed by atoms with Gasteiger partial charge in [0.05, 0.1) is 5.69 Å². The molecule has 4 rings (SSSR count). The fourth-order valence-corrected chi connectivity index (χ4v) is 3.64. The summed E-state index contributed by atoms with van der Waals surface area (Å²) in [5, 5.41) is 0. The zero-order valence-corrected chi connectivity index (χ0v) is 14.7. The summed E-state index contributed by atoms with van der Waals surface area (Å²) in [4.78, 5) is 11.6. The standard InChI is InChI=1S/C19H23FN4O/c1-11-12(2)22-19(24-5-3-4-6-24)23-17(11)16-9-14(20)7-13-8-15(10-21)25-18(13)16/h7,9,15H,3-6,8,10,21H2,1-2H3/t15-/m0/s1. The van der Waals surface area contributed by atoms with E-state index in [2.05, 4.69) is 9.88 Å². The van der Waals surface area contributed by atoms with Crippen LogP contribution < -0.4 is 15.4 Å². The van der Waals surface area contributed by atoms with Crippen LogP contribution in [0, 0.1) is 19.7 Å². The van der Waals surface area contributed by atoms with Crippen molar-refractivity contribution in [3.63, 3.8) is 0 Å². The highest BCUT2D eigenvalue weighted by Gasteiger charge is 2.28. The summed E-state index contributed by atoms with van der Waals surface area (Å²) in [5.41, 5.74) is 9.94. The fraction of sp³-hybridized carbons (Fsp3) is 0.474. The second kappa shape index (κ2) is 6.26. The lowest BCUT2D eigenvalue weighted by Gasteiger charge is -2.19. The van der Waals surface area contributed by atoms with Crippen molar-refractivity contribution in [2.75, 3.05) is 24.5 Å². The first-order chi connectivity index (χ1) is 12.1. The molecular weight excluding hydrogens is 319 g/mol. The normalized spacial score (nSPS) is 19.2. The monoisotopic (exact) mass is 342 g/mol. The maximum absolute atomic E-state index is 14.2. The van der Waals surface area contributed by atoms with Crippen molar-refractivity contribution >= 4 is 5.95 Å². The molecule has 0 saturated carbocycles. The van der Waals surface area contributed by atoms with Gasteiger partial charge in [-0.05, 0) is 44.4 Å². The minimum Gasteiger partial charge on any atom is -0.488 e. The van der Waals surface area contributed by atoms with Gasteiger partial charge >= 0.3 is 0 Å². The van der Waals surface area contributed by atoms with Gasteiger partial charge in [-0.3, -0.25) is 0 Å². The third kappa shape index (κ3) is 2.84. The number of rotatable bonds is 3. The summed E-state index contributed by atoms with van der Waals surface area (Å²) in [6.07, 6.45) is 2.85. The Labute approximate surface area is 147 Å². The van der Waals surface area contributed by atoms with E-state index in [-0.39, 0.29) is 11.9 Å². The van der Waals surface area contributed by atoms with E-state index in [1.165, 1.54) is 6.07 Å². The van der Waals surface area contributed by atoms with Crippen molar-refractivity contribution in [1.82, 2.24) is 9.97 Å². The Balaban J connectivity index is 1.85. The largest absolute Gasteiger partial charge is 0.488 e. The highest BCUT2D eigenvalue weighted by Crippen LogP contribution is 2.40. The van der Waals surface area contributed by atoms with Crippen LogP contribution in [-0.2, 0) is 6.42 Å². The van der Waals surface area contributed by atoms with Crippen molar-refractivity contribution in [2.24, 2.45) is 5.73 Å². The van der Waals surface area contributed by atoms with Gasteiger partial charge < -0.3 is 15.4 Å². The molecule has 0 aliphatic carbocycles. The maximum Gasteiger partial charge on any atom is 0.226 e. The van der Waals surface area contributed by atoms with Crippen molar-refractivity contribution in [2.45, 2.75) is 39.2 Å². The highest BCUT2D eigenvalue weighted by molar-refractivity contribution is 5.74. The molecule has 0 radical (unpaired) electrons. The van der Waals surface area contributed by atoms with Crippen LogP contribution in [0.1, 0.15) is 29.7 Å². The number of anilines is 1. The molecule has 0 unspecified atom stereocenters. The van der Waals surface area contributed by atoms with Gasteiger partial charge in [0.2, 0.25) is 5.95 Å². The zero-order chi connectivity index (χ0) is 17.6. The van der Waals surface area contributed by atoms with Crippen LogP contribution in [0.25, 0.3) is 11.3 Å². The molecule has 132 valence electrons. The lowest BCUT2D eigenvalue weighted by molar-refractivity contribution is 0.242. The lowest BCUT2D eigenvalue weighted by Crippen LogP contribution is -2.24. The number of ether oxygens (including phenoxy) is 1. The summed E-state index contributed by atoms with van der Waals surface area (Å²) in [7, 11) is 0. The second-order valence-electron chi connectivity index (χ2n) is 6.90.